The molecule has 0 amide bonds. The van der Waals surface area contributed by atoms with Gasteiger partial charge in [-0.15, -0.1) is 0 Å². The van der Waals surface area contributed by atoms with Gasteiger partial charge < -0.3 is 0 Å². The van der Waals surface area contributed by atoms with Crippen molar-refractivity contribution in [2.24, 2.45) is 0 Å². The Balaban J connectivity index is 1.40. The third-order valence-corrected chi connectivity index (χ3v) is 10.0. The number of hydrogen-bond donors (Lipinski definition) is 0. The minimum Gasteiger partial charge on any atom is -0.0622 e. The molecule has 212 valence electrons. The maximum atomic E-state index is 2.41. The lowest BCUT2D eigenvalue weighted by molar-refractivity contribution is 0.662. The monoisotopic (exact) mass is 572 g/mol. The molecule has 0 heteroatoms. The van der Waals surface area contributed by atoms with Crippen molar-refractivity contribution >= 4 is 32.3 Å². The van der Waals surface area contributed by atoms with Crippen LogP contribution < -0.4 is 0 Å². The fourth-order valence-corrected chi connectivity index (χ4v) is 8.10. The van der Waals surface area contributed by atoms with E-state index in [4.69, 9.17) is 0 Å². The third kappa shape index (κ3) is 3.79. The number of fused-ring (bicyclic) bond motifs is 6. The lowest BCUT2D eigenvalue weighted by atomic mass is 9.76. The molecule has 1 aliphatic carbocycles. The predicted molar refractivity (Wildman–Crippen MR) is 193 cm³/mol. The molecule has 0 aromatic heterocycles. The summed E-state index contributed by atoms with van der Waals surface area (Å²) in [4.78, 5) is 0. The molecule has 0 aliphatic heterocycles. The van der Waals surface area contributed by atoms with Crippen LogP contribution in [0.5, 0.6) is 0 Å². The molecule has 0 fully saturated rings. The fourth-order valence-electron chi connectivity index (χ4n) is 8.10. The molecule has 0 saturated carbocycles. The van der Waals surface area contributed by atoms with E-state index in [0.717, 1.165) is 0 Å². The Morgan fingerprint density at radius 3 is 1.60 bits per heavy atom. The molecule has 0 bridgehead atoms. The zero-order chi connectivity index (χ0) is 30.1. The smallest absolute Gasteiger partial charge is 0.0165 e. The van der Waals surface area contributed by atoms with Crippen LogP contribution in [-0.4, -0.2) is 0 Å². The Kier molecular flexibility index (Phi) is 5.64. The van der Waals surface area contributed by atoms with E-state index in [-0.39, 0.29) is 5.41 Å². The summed E-state index contributed by atoms with van der Waals surface area (Å²) in [6.45, 7) is 4.78. The van der Waals surface area contributed by atoms with Crippen molar-refractivity contribution in [3.63, 3.8) is 0 Å². The van der Waals surface area contributed by atoms with E-state index in [1.807, 2.05) is 0 Å². The summed E-state index contributed by atoms with van der Waals surface area (Å²) < 4.78 is 0. The van der Waals surface area contributed by atoms with Crippen molar-refractivity contribution in [2.45, 2.75) is 19.3 Å². The summed E-state index contributed by atoms with van der Waals surface area (Å²) in [6, 6.07) is 58.3. The molecule has 9 rings (SSSR count). The van der Waals surface area contributed by atoms with E-state index in [1.54, 1.807) is 0 Å². The lowest BCUT2D eigenvalue weighted by Gasteiger charge is -2.26. The van der Waals surface area contributed by atoms with Gasteiger partial charge in [-0.2, -0.15) is 0 Å². The molecule has 8 aromatic rings. The summed E-state index contributed by atoms with van der Waals surface area (Å²) in [5.74, 6) is 0. The van der Waals surface area contributed by atoms with E-state index in [9.17, 15) is 0 Å². The van der Waals surface area contributed by atoms with Gasteiger partial charge in [0.15, 0.2) is 0 Å². The van der Waals surface area contributed by atoms with Gasteiger partial charge in [-0.3, -0.25) is 0 Å². The molecule has 0 nitrogen and oxygen atoms in total. The first-order chi connectivity index (χ1) is 22.1. The van der Waals surface area contributed by atoms with E-state index < -0.39 is 0 Å². The van der Waals surface area contributed by atoms with Crippen molar-refractivity contribution in [1.29, 1.82) is 0 Å². The standard InChI is InChI=1S/C45H32/c1-45(2)41-26-13-12-19-33(41)38-24-14-25-39(44(38)45)43-36-22-10-8-20-34(36)42(35-21-9-11-23-37(35)43)31-27-30-17-6-7-18-32(30)40(28-31)29-15-4-3-5-16-29/h3-28H,1-2H3. The van der Waals surface area contributed by atoms with Gasteiger partial charge in [-0.25, -0.2) is 0 Å². The maximum absolute atomic E-state index is 2.41. The fraction of sp³-hybridized carbons (Fsp3) is 0.0667. The van der Waals surface area contributed by atoms with Crippen LogP contribution in [0.15, 0.2) is 158 Å². The quantitative estimate of drug-likeness (QED) is 0.185. The van der Waals surface area contributed by atoms with E-state index in [1.165, 1.54) is 88.0 Å². The van der Waals surface area contributed by atoms with Gasteiger partial charge in [0.05, 0.1) is 0 Å². The molecule has 0 unspecified atom stereocenters. The second-order valence-corrected chi connectivity index (χ2v) is 12.9. The second kappa shape index (κ2) is 9.78. The minimum absolute atomic E-state index is 0.105. The van der Waals surface area contributed by atoms with Crippen LogP contribution in [-0.2, 0) is 5.41 Å². The molecule has 0 radical (unpaired) electrons. The van der Waals surface area contributed by atoms with Crippen molar-refractivity contribution in [3.05, 3.63) is 169 Å². The highest BCUT2D eigenvalue weighted by Crippen LogP contribution is 2.54. The van der Waals surface area contributed by atoms with Gasteiger partial charge in [-0.05, 0) is 100 Å². The van der Waals surface area contributed by atoms with Crippen LogP contribution in [0.3, 0.4) is 0 Å². The third-order valence-electron chi connectivity index (χ3n) is 10.0. The Morgan fingerprint density at radius 1 is 0.356 bits per heavy atom. The number of rotatable bonds is 3. The first-order valence-electron chi connectivity index (χ1n) is 15.9. The van der Waals surface area contributed by atoms with Crippen LogP contribution in [0.2, 0.25) is 0 Å². The average molecular weight is 573 g/mol. The summed E-state index contributed by atoms with van der Waals surface area (Å²) in [5.41, 5.74) is 13.1. The van der Waals surface area contributed by atoms with Crippen molar-refractivity contribution < 1.29 is 0 Å². The summed E-state index contributed by atoms with van der Waals surface area (Å²) in [5, 5.41) is 7.69. The second-order valence-electron chi connectivity index (χ2n) is 12.9. The van der Waals surface area contributed by atoms with Gasteiger partial charge in [-0.1, -0.05) is 159 Å². The maximum Gasteiger partial charge on any atom is 0.0165 e. The molecule has 45 heavy (non-hydrogen) atoms. The molecule has 8 aromatic carbocycles. The number of hydrogen-bond acceptors (Lipinski definition) is 0. The van der Waals surface area contributed by atoms with Gasteiger partial charge in [0, 0.05) is 5.41 Å². The van der Waals surface area contributed by atoms with Crippen LogP contribution in [0, 0.1) is 0 Å². The zero-order valence-electron chi connectivity index (χ0n) is 25.5. The summed E-state index contributed by atoms with van der Waals surface area (Å²) in [6.07, 6.45) is 0. The van der Waals surface area contributed by atoms with Crippen LogP contribution in [0.25, 0.3) is 76.8 Å². The number of benzene rings is 8. The molecule has 0 saturated heterocycles. The highest BCUT2D eigenvalue weighted by Gasteiger charge is 2.37. The zero-order valence-corrected chi connectivity index (χ0v) is 25.5. The van der Waals surface area contributed by atoms with Crippen molar-refractivity contribution in [2.75, 3.05) is 0 Å². The molecule has 0 atom stereocenters. The van der Waals surface area contributed by atoms with Crippen LogP contribution in [0.1, 0.15) is 25.0 Å². The Hall–Kier alpha value is -5.46. The predicted octanol–water partition coefficient (Wildman–Crippen LogP) is 12.5. The lowest BCUT2D eigenvalue weighted by Crippen LogP contribution is -2.16. The molecular formula is C45H32. The SMILES string of the molecule is CC1(C)c2ccccc2-c2cccc(-c3c4ccccc4c(-c4cc(-c5ccccc5)c5ccccc5c4)c4ccccc34)c21. The van der Waals surface area contributed by atoms with E-state index in [0.29, 0.717) is 0 Å². The van der Waals surface area contributed by atoms with Crippen LogP contribution >= 0.6 is 0 Å². The molecule has 0 heterocycles. The van der Waals surface area contributed by atoms with Crippen LogP contribution in [0.4, 0.5) is 0 Å². The average Bonchev–Trinajstić information content (AvgIpc) is 3.33. The molecule has 0 N–H and O–H groups in total. The summed E-state index contributed by atoms with van der Waals surface area (Å²) >= 11 is 0. The Morgan fingerprint density at radius 2 is 0.889 bits per heavy atom. The Labute approximate surface area is 264 Å². The molecule has 0 spiro atoms. The van der Waals surface area contributed by atoms with Gasteiger partial charge >= 0.3 is 0 Å². The molecular weight excluding hydrogens is 540 g/mol. The highest BCUT2D eigenvalue weighted by atomic mass is 14.4. The Bertz CT molecular complexity index is 2390. The van der Waals surface area contributed by atoms with Gasteiger partial charge in [0.25, 0.3) is 0 Å². The van der Waals surface area contributed by atoms with E-state index in [2.05, 4.69) is 172 Å². The first kappa shape index (κ1) is 26.0. The minimum atomic E-state index is -0.105. The van der Waals surface area contributed by atoms with Crippen molar-refractivity contribution in [3.8, 4) is 44.5 Å². The van der Waals surface area contributed by atoms with Gasteiger partial charge in [0.1, 0.15) is 0 Å². The van der Waals surface area contributed by atoms with Gasteiger partial charge in [0.2, 0.25) is 0 Å². The first-order valence-corrected chi connectivity index (χ1v) is 15.9. The topological polar surface area (TPSA) is 0 Å². The molecule has 1 aliphatic rings. The summed E-state index contributed by atoms with van der Waals surface area (Å²) in [7, 11) is 0. The van der Waals surface area contributed by atoms with Crippen molar-refractivity contribution in [1.82, 2.24) is 0 Å². The normalized spacial score (nSPS) is 13.3. The highest BCUT2D eigenvalue weighted by molar-refractivity contribution is 6.22. The van der Waals surface area contributed by atoms with E-state index >= 15 is 0 Å². The largest absolute Gasteiger partial charge is 0.0622 e.